The molecule has 4 rings (SSSR count). The molecule has 11 heteroatoms. The van der Waals surface area contributed by atoms with Crippen molar-refractivity contribution in [3.8, 4) is 16.9 Å². The van der Waals surface area contributed by atoms with E-state index in [1.165, 1.54) is 24.7 Å². The van der Waals surface area contributed by atoms with Crippen LogP contribution in [0.25, 0.3) is 16.9 Å². The van der Waals surface area contributed by atoms with Crippen LogP contribution in [0.5, 0.6) is 0 Å². The second-order valence-electron chi connectivity index (χ2n) is 6.24. The van der Waals surface area contributed by atoms with Gasteiger partial charge in [-0.1, -0.05) is 11.6 Å². The largest absolute Gasteiger partial charge is 0.320 e. The number of aromatic nitrogens is 4. The summed E-state index contributed by atoms with van der Waals surface area (Å²) in [6, 6.07) is 5.06. The van der Waals surface area contributed by atoms with Gasteiger partial charge < -0.3 is 5.32 Å². The van der Waals surface area contributed by atoms with Crippen molar-refractivity contribution in [3.05, 3.63) is 88.8 Å². The molecule has 1 amide bonds. The molecule has 0 unspecified atom stereocenters. The number of hydrogen-bond acceptors (Lipinski definition) is 4. The number of anilines is 1. The molecule has 0 radical (unpaired) electrons. The van der Waals surface area contributed by atoms with Crippen LogP contribution in [0.2, 0.25) is 5.02 Å². The molecule has 0 fully saturated rings. The van der Waals surface area contributed by atoms with Crippen molar-refractivity contribution in [3.63, 3.8) is 0 Å². The summed E-state index contributed by atoms with van der Waals surface area (Å²) in [7, 11) is 0. The number of hydrogen-bond donors (Lipinski definition) is 1. The molecule has 0 spiro atoms. The molecule has 31 heavy (non-hydrogen) atoms. The van der Waals surface area contributed by atoms with E-state index in [1.54, 1.807) is 0 Å². The lowest BCUT2D eigenvalue weighted by Gasteiger charge is -2.11. The van der Waals surface area contributed by atoms with Crippen LogP contribution < -0.4 is 5.32 Å². The van der Waals surface area contributed by atoms with Crippen molar-refractivity contribution in [1.29, 1.82) is 0 Å². The first-order chi connectivity index (χ1) is 14.8. The number of rotatable bonds is 4. The molecule has 6 nitrogen and oxygen atoms in total. The van der Waals surface area contributed by atoms with E-state index in [0.29, 0.717) is 18.2 Å². The van der Waals surface area contributed by atoms with Crippen LogP contribution in [-0.4, -0.2) is 25.9 Å². The van der Waals surface area contributed by atoms with Crippen LogP contribution in [0.1, 0.15) is 10.4 Å². The van der Waals surface area contributed by atoms with Gasteiger partial charge in [-0.05, 0) is 30.3 Å². The van der Waals surface area contributed by atoms with E-state index < -0.39 is 40.3 Å². The standard InChI is InChI=1S/C20H10ClF4N5O/c21-15-6-11(9-26-19(15)30-27-3-4-28-30)29-20(31)14-8-17(24)13(7-18(14)25)12-2-1-10(22)5-16(12)23/h1-9H,(H,29,31). The monoisotopic (exact) mass is 447 g/mol. The molecule has 0 aliphatic heterocycles. The van der Waals surface area contributed by atoms with Crippen LogP contribution >= 0.6 is 11.6 Å². The van der Waals surface area contributed by atoms with Gasteiger partial charge in [0.25, 0.3) is 5.91 Å². The Morgan fingerprint density at radius 1 is 0.903 bits per heavy atom. The van der Waals surface area contributed by atoms with Gasteiger partial charge in [-0.2, -0.15) is 10.2 Å². The topological polar surface area (TPSA) is 72.7 Å². The molecule has 1 N–H and O–H groups in total. The van der Waals surface area contributed by atoms with Gasteiger partial charge in [-0.3, -0.25) is 4.79 Å². The smallest absolute Gasteiger partial charge is 0.258 e. The fourth-order valence-electron chi connectivity index (χ4n) is 2.80. The molecule has 0 aliphatic rings. The summed E-state index contributed by atoms with van der Waals surface area (Å²) in [5.41, 5.74) is -1.31. The minimum Gasteiger partial charge on any atom is -0.320 e. The maximum absolute atomic E-state index is 14.5. The third-order valence-electron chi connectivity index (χ3n) is 4.21. The molecule has 156 valence electrons. The highest BCUT2D eigenvalue weighted by molar-refractivity contribution is 6.32. The van der Waals surface area contributed by atoms with Crippen molar-refractivity contribution >= 4 is 23.2 Å². The number of amides is 1. The molecule has 0 aliphatic carbocycles. The first-order valence-electron chi connectivity index (χ1n) is 8.61. The number of carbonyl (C=O) groups is 1. The minimum absolute atomic E-state index is 0.0998. The molecule has 0 saturated carbocycles. The lowest BCUT2D eigenvalue weighted by molar-refractivity contribution is 0.102. The SMILES string of the molecule is O=C(Nc1cnc(-n2nccn2)c(Cl)c1)c1cc(F)c(-c2ccc(F)cc2F)cc1F. The third-order valence-corrected chi connectivity index (χ3v) is 4.49. The number of halogens is 5. The molecule has 2 aromatic carbocycles. The van der Waals surface area contributed by atoms with Crippen molar-refractivity contribution in [2.45, 2.75) is 0 Å². The fraction of sp³-hybridized carbons (Fsp3) is 0. The van der Waals surface area contributed by atoms with Crippen molar-refractivity contribution < 1.29 is 22.4 Å². The lowest BCUT2D eigenvalue weighted by Crippen LogP contribution is -2.15. The average molecular weight is 448 g/mol. The number of carbonyl (C=O) groups excluding carboxylic acids is 1. The van der Waals surface area contributed by atoms with Crippen molar-refractivity contribution in [2.75, 3.05) is 5.32 Å². The second-order valence-corrected chi connectivity index (χ2v) is 6.65. The fourth-order valence-corrected chi connectivity index (χ4v) is 3.05. The van der Waals surface area contributed by atoms with E-state index in [-0.39, 0.29) is 22.1 Å². The van der Waals surface area contributed by atoms with Crippen molar-refractivity contribution in [1.82, 2.24) is 20.0 Å². The van der Waals surface area contributed by atoms with Gasteiger partial charge in [-0.25, -0.2) is 22.5 Å². The molecule has 2 heterocycles. The number of benzene rings is 2. The second kappa shape index (κ2) is 8.15. The maximum Gasteiger partial charge on any atom is 0.258 e. The predicted molar refractivity (Wildman–Crippen MR) is 104 cm³/mol. The summed E-state index contributed by atoms with van der Waals surface area (Å²) in [5, 5.41) is 10.2. The van der Waals surface area contributed by atoms with Crippen LogP contribution in [0, 0.1) is 23.3 Å². The average Bonchev–Trinajstić information content (AvgIpc) is 3.24. The minimum atomic E-state index is -1.10. The van der Waals surface area contributed by atoms with E-state index in [1.807, 2.05) is 0 Å². The van der Waals surface area contributed by atoms with E-state index >= 15 is 0 Å². The quantitative estimate of drug-likeness (QED) is 0.456. The molecular weight excluding hydrogens is 438 g/mol. The Hall–Kier alpha value is -3.79. The number of pyridine rings is 1. The predicted octanol–water partition coefficient (Wildman–Crippen LogP) is 4.79. The van der Waals surface area contributed by atoms with E-state index in [2.05, 4.69) is 20.5 Å². The Balaban J connectivity index is 1.61. The van der Waals surface area contributed by atoms with Crippen LogP contribution in [-0.2, 0) is 0 Å². The van der Waals surface area contributed by atoms with E-state index in [4.69, 9.17) is 11.6 Å². The van der Waals surface area contributed by atoms with Gasteiger partial charge in [-0.15, -0.1) is 4.80 Å². The highest BCUT2D eigenvalue weighted by Gasteiger charge is 2.20. The van der Waals surface area contributed by atoms with Gasteiger partial charge in [0.2, 0.25) is 0 Å². The molecule has 0 atom stereocenters. The summed E-state index contributed by atoms with van der Waals surface area (Å²) in [6.45, 7) is 0. The Kier molecular flexibility index (Phi) is 5.38. The van der Waals surface area contributed by atoms with Gasteiger partial charge in [0, 0.05) is 17.2 Å². The molecular formula is C20H10ClF4N5O. The zero-order valence-electron chi connectivity index (χ0n) is 15.3. The Morgan fingerprint density at radius 2 is 1.61 bits per heavy atom. The molecule has 4 aromatic rings. The lowest BCUT2D eigenvalue weighted by atomic mass is 10.0. The maximum atomic E-state index is 14.5. The highest BCUT2D eigenvalue weighted by Crippen LogP contribution is 2.29. The summed E-state index contributed by atoms with van der Waals surface area (Å²) in [5.74, 6) is -4.87. The summed E-state index contributed by atoms with van der Waals surface area (Å²) < 4.78 is 56.0. The number of nitrogens with one attached hydrogen (secondary N) is 1. The zero-order chi connectivity index (χ0) is 22.1. The highest BCUT2D eigenvalue weighted by atomic mass is 35.5. The summed E-state index contributed by atoms with van der Waals surface area (Å²) in [6.07, 6.45) is 4.08. The zero-order valence-corrected chi connectivity index (χ0v) is 16.0. The summed E-state index contributed by atoms with van der Waals surface area (Å²) in [4.78, 5) is 17.6. The van der Waals surface area contributed by atoms with Gasteiger partial charge in [0.1, 0.15) is 23.3 Å². The summed E-state index contributed by atoms with van der Waals surface area (Å²) >= 11 is 6.11. The Labute approximate surface area is 177 Å². The van der Waals surface area contributed by atoms with Gasteiger partial charge in [0.05, 0.1) is 34.9 Å². The third kappa shape index (κ3) is 4.10. The van der Waals surface area contributed by atoms with Crippen molar-refractivity contribution in [2.24, 2.45) is 0 Å². The Bertz CT molecular complexity index is 1300. The number of nitrogens with zero attached hydrogens (tertiary/aromatic N) is 4. The van der Waals surface area contributed by atoms with Gasteiger partial charge >= 0.3 is 0 Å². The van der Waals surface area contributed by atoms with E-state index in [0.717, 1.165) is 16.9 Å². The molecule has 0 bridgehead atoms. The van der Waals surface area contributed by atoms with Crippen LogP contribution in [0.15, 0.2) is 55.0 Å². The van der Waals surface area contributed by atoms with Crippen LogP contribution in [0.4, 0.5) is 23.2 Å². The molecule has 2 aromatic heterocycles. The normalized spacial score (nSPS) is 10.9. The van der Waals surface area contributed by atoms with Crippen LogP contribution in [0.3, 0.4) is 0 Å². The first kappa shape index (κ1) is 20.5. The van der Waals surface area contributed by atoms with E-state index in [9.17, 15) is 22.4 Å². The first-order valence-corrected chi connectivity index (χ1v) is 8.99. The Morgan fingerprint density at radius 3 is 2.29 bits per heavy atom. The van der Waals surface area contributed by atoms with Gasteiger partial charge in [0.15, 0.2) is 5.82 Å². The molecule has 0 saturated heterocycles.